The normalized spacial score (nSPS) is 20.2. The van der Waals surface area contributed by atoms with Crippen LogP contribution in [0.15, 0.2) is 30.5 Å². The summed E-state index contributed by atoms with van der Waals surface area (Å²) in [4.78, 5) is 9.40. The summed E-state index contributed by atoms with van der Waals surface area (Å²) in [7, 11) is 1.65. The van der Waals surface area contributed by atoms with E-state index in [0.717, 1.165) is 60.0 Å². The number of anilines is 1. The summed E-state index contributed by atoms with van der Waals surface area (Å²) in [5.74, 6) is 1.96. The standard InChI is InChI=1S/C19H23N5O2/c1-12-19(23-15-6-5-14(25-2)10-17(15)22-12)20-11-13-4-3-9-26-18(13)16-7-8-21-24-16/h5-8,10,13,18H,3-4,9,11H2,1-2H3,(H,20,23)(H,21,24)/t13-,18+/m0/s1. The van der Waals surface area contributed by atoms with Gasteiger partial charge in [0.1, 0.15) is 17.7 Å². The molecule has 3 aromatic rings. The number of aromatic nitrogens is 4. The average Bonchev–Trinajstić information content (AvgIpc) is 3.20. The lowest BCUT2D eigenvalue weighted by molar-refractivity contribution is -0.0264. The molecule has 0 spiro atoms. The van der Waals surface area contributed by atoms with Crippen LogP contribution in [0.2, 0.25) is 0 Å². The van der Waals surface area contributed by atoms with Gasteiger partial charge in [-0.2, -0.15) is 5.10 Å². The minimum absolute atomic E-state index is 0.0386. The van der Waals surface area contributed by atoms with E-state index in [1.807, 2.05) is 31.2 Å². The second-order valence-corrected chi connectivity index (χ2v) is 6.60. The van der Waals surface area contributed by atoms with Crippen molar-refractivity contribution in [2.75, 3.05) is 25.6 Å². The van der Waals surface area contributed by atoms with Gasteiger partial charge >= 0.3 is 0 Å². The number of H-pyrrole nitrogens is 1. The SMILES string of the molecule is COc1ccc2nc(NC[C@@H]3CCCO[C@H]3c3ccn[nH]3)c(C)nc2c1. The molecule has 7 heteroatoms. The molecule has 2 aromatic heterocycles. The van der Waals surface area contributed by atoms with Gasteiger partial charge in [0, 0.05) is 31.3 Å². The van der Waals surface area contributed by atoms with Crippen LogP contribution in [-0.2, 0) is 4.74 Å². The van der Waals surface area contributed by atoms with Crippen molar-refractivity contribution < 1.29 is 9.47 Å². The number of ether oxygens (including phenoxy) is 2. The van der Waals surface area contributed by atoms with Crippen molar-refractivity contribution in [3.8, 4) is 5.75 Å². The quantitative estimate of drug-likeness (QED) is 0.732. The van der Waals surface area contributed by atoms with Crippen molar-refractivity contribution >= 4 is 16.9 Å². The van der Waals surface area contributed by atoms with Crippen molar-refractivity contribution in [1.29, 1.82) is 0 Å². The zero-order chi connectivity index (χ0) is 17.9. The molecule has 26 heavy (non-hydrogen) atoms. The zero-order valence-electron chi connectivity index (χ0n) is 15.0. The largest absolute Gasteiger partial charge is 0.497 e. The second kappa shape index (κ2) is 7.29. The maximum absolute atomic E-state index is 5.99. The minimum Gasteiger partial charge on any atom is -0.497 e. The summed E-state index contributed by atoms with van der Waals surface area (Å²) in [6, 6.07) is 7.72. The molecule has 2 N–H and O–H groups in total. The minimum atomic E-state index is 0.0386. The number of nitrogens with zero attached hydrogens (tertiary/aromatic N) is 3. The molecule has 1 aromatic carbocycles. The second-order valence-electron chi connectivity index (χ2n) is 6.60. The summed E-state index contributed by atoms with van der Waals surface area (Å²) in [5, 5.41) is 10.6. The van der Waals surface area contributed by atoms with E-state index in [9.17, 15) is 0 Å². The van der Waals surface area contributed by atoms with Crippen LogP contribution in [0.5, 0.6) is 5.75 Å². The zero-order valence-corrected chi connectivity index (χ0v) is 15.0. The van der Waals surface area contributed by atoms with Gasteiger partial charge in [0.25, 0.3) is 0 Å². The Hall–Kier alpha value is -2.67. The van der Waals surface area contributed by atoms with Crippen LogP contribution >= 0.6 is 0 Å². The van der Waals surface area contributed by atoms with E-state index >= 15 is 0 Å². The van der Waals surface area contributed by atoms with Gasteiger partial charge < -0.3 is 14.8 Å². The first-order valence-corrected chi connectivity index (χ1v) is 8.92. The molecule has 4 rings (SSSR count). The van der Waals surface area contributed by atoms with Crippen molar-refractivity contribution in [3.63, 3.8) is 0 Å². The van der Waals surface area contributed by atoms with Crippen LogP contribution in [0.4, 0.5) is 5.82 Å². The molecule has 7 nitrogen and oxygen atoms in total. The van der Waals surface area contributed by atoms with Gasteiger partial charge in [0.15, 0.2) is 0 Å². The van der Waals surface area contributed by atoms with E-state index in [1.54, 1.807) is 13.3 Å². The molecule has 0 amide bonds. The lowest BCUT2D eigenvalue weighted by atomic mass is 9.92. The van der Waals surface area contributed by atoms with Gasteiger partial charge in [-0.1, -0.05) is 0 Å². The van der Waals surface area contributed by atoms with E-state index in [2.05, 4.69) is 20.5 Å². The van der Waals surface area contributed by atoms with Crippen LogP contribution in [0, 0.1) is 12.8 Å². The highest BCUT2D eigenvalue weighted by Crippen LogP contribution is 2.33. The van der Waals surface area contributed by atoms with E-state index < -0.39 is 0 Å². The molecule has 1 aliphatic rings. The molecule has 136 valence electrons. The smallest absolute Gasteiger partial charge is 0.148 e. The predicted molar refractivity (Wildman–Crippen MR) is 99.3 cm³/mol. The Kier molecular flexibility index (Phi) is 4.71. The van der Waals surface area contributed by atoms with Crippen molar-refractivity contribution in [1.82, 2.24) is 20.2 Å². The number of fused-ring (bicyclic) bond motifs is 1. The molecule has 2 atom stereocenters. The van der Waals surface area contributed by atoms with Crippen LogP contribution in [0.25, 0.3) is 11.0 Å². The molecule has 1 fully saturated rings. The molecular formula is C19H23N5O2. The highest BCUT2D eigenvalue weighted by atomic mass is 16.5. The fourth-order valence-corrected chi connectivity index (χ4v) is 3.47. The topological polar surface area (TPSA) is 85.0 Å². The third kappa shape index (κ3) is 3.35. The Morgan fingerprint density at radius 1 is 1.27 bits per heavy atom. The first kappa shape index (κ1) is 16.8. The van der Waals surface area contributed by atoms with Crippen LogP contribution < -0.4 is 10.1 Å². The van der Waals surface area contributed by atoms with Crippen LogP contribution in [-0.4, -0.2) is 40.4 Å². The number of benzene rings is 1. The van der Waals surface area contributed by atoms with Gasteiger partial charge in [0.05, 0.1) is 29.5 Å². The van der Waals surface area contributed by atoms with E-state index in [0.29, 0.717) is 5.92 Å². The Morgan fingerprint density at radius 3 is 3.00 bits per heavy atom. The summed E-state index contributed by atoms with van der Waals surface area (Å²) in [6.07, 6.45) is 3.98. The third-order valence-corrected chi connectivity index (χ3v) is 4.85. The summed E-state index contributed by atoms with van der Waals surface area (Å²) in [5.41, 5.74) is 3.60. The van der Waals surface area contributed by atoms with Crippen molar-refractivity contribution in [3.05, 3.63) is 41.9 Å². The highest BCUT2D eigenvalue weighted by molar-refractivity contribution is 5.78. The monoisotopic (exact) mass is 353 g/mol. The Labute approximate surface area is 152 Å². The highest BCUT2D eigenvalue weighted by Gasteiger charge is 2.28. The number of hydrogen-bond donors (Lipinski definition) is 2. The first-order valence-electron chi connectivity index (χ1n) is 8.92. The molecule has 0 unspecified atom stereocenters. The van der Waals surface area contributed by atoms with Crippen LogP contribution in [0.1, 0.15) is 30.3 Å². The lowest BCUT2D eigenvalue weighted by Gasteiger charge is -2.31. The number of methoxy groups -OCH3 is 1. The van der Waals surface area contributed by atoms with Gasteiger partial charge in [0.2, 0.25) is 0 Å². The Bertz CT molecular complexity index is 881. The van der Waals surface area contributed by atoms with Gasteiger partial charge in [-0.05, 0) is 38.0 Å². The maximum Gasteiger partial charge on any atom is 0.148 e. The molecular weight excluding hydrogens is 330 g/mol. The molecule has 0 aliphatic carbocycles. The Balaban J connectivity index is 1.52. The number of rotatable bonds is 5. The van der Waals surface area contributed by atoms with Crippen LogP contribution in [0.3, 0.4) is 0 Å². The van der Waals surface area contributed by atoms with E-state index in [-0.39, 0.29) is 6.10 Å². The number of nitrogens with one attached hydrogen (secondary N) is 2. The summed E-state index contributed by atoms with van der Waals surface area (Å²) in [6.45, 7) is 3.54. The van der Waals surface area contributed by atoms with Gasteiger partial charge in [-0.25, -0.2) is 9.97 Å². The van der Waals surface area contributed by atoms with Crippen molar-refractivity contribution in [2.45, 2.75) is 25.9 Å². The van der Waals surface area contributed by atoms with E-state index in [4.69, 9.17) is 14.5 Å². The Morgan fingerprint density at radius 2 is 2.19 bits per heavy atom. The maximum atomic E-state index is 5.99. The van der Waals surface area contributed by atoms with Crippen molar-refractivity contribution in [2.24, 2.45) is 5.92 Å². The number of hydrogen-bond acceptors (Lipinski definition) is 6. The first-order chi connectivity index (χ1) is 12.7. The third-order valence-electron chi connectivity index (χ3n) is 4.85. The molecule has 0 radical (unpaired) electrons. The molecule has 3 heterocycles. The van der Waals surface area contributed by atoms with Gasteiger partial charge in [-0.15, -0.1) is 0 Å². The number of aryl methyl sites for hydroxylation is 1. The lowest BCUT2D eigenvalue weighted by Crippen LogP contribution is -2.29. The summed E-state index contributed by atoms with van der Waals surface area (Å²) >= 11 is 0. The fourth-order valence-electron chi connectivity index (χ4n) is 3.47. The molecule has 0 bridgehead atoms. The average molecular weight is 353 g/mol. The molecule has 1 aliphatic heterocycles. The summed E-state index contributed by atoms with van der Waals surface area (Å²) < 4.78 is 11.2. The molecule has 1 saturated heterocycles. The molecule has 0 saturated carbocycles. The fraction of sp³-hybridized carbons (Fsp3) is 0.421. The van der Waals surface area contributed by atoms with E-state index in [1.165, 1.54) is 0 Å². The predicted octanol–water partition coefficient (Wildman–Crippen LogP) is 3.25. The van der Waals surface area contributed by atoms with Gasteiger partial charge in [-0.3, -0.25) is 5.10 Å². The number of aromatic amines is 1.